The number of hydrogen-bond donors (Lipinski definition) is 3. The fourth-order valence-electron chi connectivity index (χ4n) is 5.69. The van der Waals surface area contributed by atoms with Gasteiger partial charge >= 0.3 is 16.2 Å². The molecule has 6 rings (SSSR count). The second-order valence-corrected chi connectivity index (χ2v) is 12.8. The van der Waals surface area contributed by atoms with Gasteiger partial charge in [0.15, 0.2) is 0 Å². The predicted molar refractivity (Wildman–Crippen MR) is 190 cm³/mol. The third-order valence-electron chi connectivity index (χ3n) is 8.06. The lowest BCUT2D eigenvalue weighted by Gasteiger charge is -2.22. The van der Waals surface area contributed by atoms with Gasteiger partial charge in [0.1, 0.15) is 23.1 Å². The molecule has 0 aliphatic heterocycles. The molecule has 13 heteroatoms. The first-order valence-corrected chi connectivity index (χ1v) is 17.3. The van der Waals surface area contributed by atoms with Crippen LogP contribution in [0.3, 0.4) is 0 Å². The van der Waals surface area contributed by atoms with E-state index in [1.165, 1.54) is 0 Å². The van der Waals surface area contributed by atoms with Gasteiger partial charge in [-0.1, -0.05) is 60.7 Å². The largest absolute Gasteiger partial charge is 0.497 e. The van der Waals surface area contributed by atoms with E-state index in [-0.39, 0.29) is 6.42 Å². The Labute approximate surface area is 290 Å². The van der Waals surface area contributed by atoms with Crippen molar-refractivity contribution in [2.45, 2.75) is 24.9 Å². The lowest BCUT2D eigenvalue weighted by Crippen LogP contribution is -2.48. The number of benzene rings is 4. The van der Waals surface area contributed by atoms with Gasteiger partial charge in [0, 0.05) is 36.2 Å². The predicted octanol–water partition coefficient (Wildman–Crippen LogP) is 5.48. The Morgan fingerprint density at radius 2 is 1.10 bits per heavy atom. The Morgan fingerprint density at radius 1 is 0.660 bits per heavy atom. The fraction of sp³-hybridized carbons (Fsp3) is 0.162. The van der Waals surface area contributed by atoms with Crippen LogP contribution in [-0.2, 0) is 23.1 Å². The molecule has 12 nitrogen and oxygen atoms in total. The Morgan fingerprint density at radius 3 is 1.56 bits per heavy atom. The normalized spacial score (nSPS) is 12.5. The van der Waals surface area contributed by atoms with Crippen LogP contribution in [-0.4, -0.2) is 47.8 Å². The number of nitrogens with one attached hydrogen (secondary N) is 3. The Balaban J connectivity index is 1.25. The molecule has 4 aromatic carbocycles. The maximum atomic E-state index is 13.7. The maximum absolute atomic E-state index is 13.7. The van der Waals surface area contributed by atoms with Crippen molar-refractivity contribution >= 4 is 16.2 Å². The summed E-state index contributed by atoms with van der Waals surface area (Å²) in [5.74, 6) is 2.34. The van der Waals surface area contributed by atoms with Crippen LogP contribution >= 0.6 is 0 Å². The molecule has 2 aromatic heterocycles. The van der Waals surface area contributed by atoms with Crippen LogP contribution in [0.1, 0.15) is 34.9 Å². The number of imidazole rings is 2. The van der Waals surface area contributed by atoms with Crippen LogP contribution in [0.25, 0.3) is 11.4 Å². The van der Waals surface area contributed by atoms with Crippen LogP contribution in [0.2, 0.25) is 0 Å². The lowest BCUT2D eigenvalue weighted by atomic mass is 10.1. The van der Waals surface area contributed by atoms with Crippen molar-refractivity contribution in [1.29, 1.82) is 0 Å². The highest BCUT2D eigenvalue weighted by Gasteiger charge is 2.28. The zero-order valence-electron chi connectivity index (χ0n) is 27.5. The Kier molecular flexibility index (Phi) is 10.6. The minimum atomic E-state index is -4.42. The smallest absolute Gasteiger partial charge is 0.330 e. The monoisotopic (exact) mass is 691 g/mol. The van der Waals surface area contributed by atoms with Gasteiger partial charge in [-0.05, 0) is 72.5 Å². The van der Waals surface area contributed by atoms with Gasteiger partial charge in [-0.3, -0.25) is 0 Å². The number of rotatable bonds is 14. The van der Waals surface area contributed by atoms with E-state index >= 15 is 0 Å². The first kappa shape index (κ1) is 34.0. The molecule has 0 bridgehead atoms. The molecule has 0 aliphatic rings. The molecule has 6 aromatic rings. The van der Waals surface area contributed by atoms with Crippen molar-refractivity contribution < 1.29 is 22.7 Å². The minimum Gasteiger partial charge on any atom is -0.497 e. The number of nitrogens with zero attached hydrogens (tertiary/aromatic N) is 4. The molecule has 2 amide bonds. The van der Waals surface area contributed by atoms with Crippen LogP contribution in [0.15, 0.2) is 134 Å². The van der Waals surface area contributed by atoms with Crippen LogP contribution in [0, 0.1) is 0 Å². The summed E-state index contributed by atoms with van der Waals surface area (Å²) in [5.41, 5.74) is 3.36. The number of urea groups is 1. The molecule has 1 unspecified atom stereocenters. The summed E-state index contributed by atoms with van der Waals surface area (Å²) in [6.45, 7) is 0. The van der Waals surface area contributed by atoms with Gasteiger partial charge in [-0.2, -0.15) is 13.1 Å². The lowest BCUT2D eigenvalue weighted by molar-refractivity contribution is 0.241. The third-order valence-corrected chi connectivity index (χ3v) is 9.11. The van der Waals surface area contributed by atoms with E-state index in [2.05, 4.69) is 24.7 Å². The van der Waals surface area contributed by atoms with E-state index < -0.39 is 28.3 Å². The van der Waals surface area contributed by atoms with Gasteiger partial charge in [-0.15, -0.1) is 0 Å². The van der Waals surface area contributed by atoms with Gasteiger partial charge in [0.25, 0.3) is 0 Å². The van der Waals surface area contributed by atoms with Crippen LogP contribution < -0.4 is 24.2 Å². The van der Waals surface area contributed by atoms with Gasteiger partial charge in [-0.25, -0.2) is 19.5 Å². The average Bonchev–Trinajstić information content (AvgIpc) is 3.83. The van der Waals surface area contributed by atoms with Crippen molar-refractivity contribution in [1.82, 2.24) is 33.9 Å². The maximum Gasteiger partial charge on any atom is 0.330 e. The summed E-state index contributed by atoms with van der Waals surface area (Å²) in [7, 11) is -1.24. The van der Waals surface area contributed by atoms with Crippen molar-refractivity contribution in [2.24, 2.45) is 0 Å². The molecule has 50 heavy (non-hydrogen) atoms. The SMILES string of the molecule is COc1ccc(-n2ccnc2C(Cc2ccccc2)NC(=O)NS(=O)(=O)N[C@@H](Cc2ccccc2)c2nccn2-c2ccc(OC)cc2)cc1. The van der Waals surface area contributed by atoms with Crippen molar-refractivity contribution in [3.05, 3.63) is 157 Å². The van der Waals surface area contributed by atoms with E-state index in [1.54, 1.807) is 43.6 Å². The van der Waals surface area contributed by atoms with Gasteiger partial charge in [0.2, 0.25) is 0 Å². The molecule has 0 saturated heterocycles. The highest BCUT2D eigenvalue weighted by molar-refractivity contribution is 7.88. The van der Waals surface area contributed by atoms with Crippen LogP contribution in [0.5, 0.6) is 11.5 Å². The molecular weight excluding hydrogens is 655 g/mol. The number of carbonyl (C=O) groups excluding carboxylic acids is 1. The van der Waals surface area contributed by atoms with E-state index in [9.17, 15) is 13.2 Å². The minimum absolute atomic E-state index is 0.270. The molecule has 2 atom stereocenters. The third kappa shape index (κ3) is 8.38. The molecule has 0 saturated carbocycles. The molecule has 0 radical (unpaired) electrons. The highest BCUT2D eigenvalue weighted by Crippen LogP contribution is 2.25. The molecule has 2 heterocycles. The first-order valence-electron chi connectivity index (χ1n) is 15.9. The number of carbonyl (C=O) groups is 1. The standard InChI is InChI=1S/C37H37N7O5S/c1-48-31-17-13-29(14-18-31)43-23-21-38-35(43)33(25-27-9-5-3-6-10-27)40-37(45)42-50(46,47)41-34(26-28-11-7-4-8-12-28)36-39-22-24-44(36)30-15-19-32(49-2)20-16-30/h3-24,33-34,41H,25-26H2,1-2H3,(H2,40,42,45)/t33?,34-/m0/s1. The molecule has 256 valence electrons. The summed E-state index contributed by atoms with van der Waals surface area (Å²) in [4.78, 5) is 22.6. The Bertz CT molecular complexity index is 2100. The number of amides is 2. The summed E-state index contributed by atoms with van der Waals surface area (Å²) < 4.78 is 46.4. The van der Waals surface area contributed by atoms with E-state index in [4.69, 9.17) is 9.47 Å². The number of hydrogen-bond acceptors (Lipinski definition) is 7. The summed E-state index contributed by atoms with van der Waals surface area (Å²) in [5, 5.41) is 2.85. The zero-order valence-corrected chi connectivity index (χ0v) is 28.3. The molecular formula is C37H37N7O5S. The van der Waals surface area contributed by atoms with E-state index in [0.29, 0.717) is 29.6 Å². The second-order valence-electron chi connectivity index (χ2n) is 11.4. The van der Waals surface area contributed by atoms with Gasteiger partial charge in [0.05, 0.1) is 26.3 Å². The van der Waals surface area contributed by atoms with Crippen molar-refractivity contribution in [3.63, 3.8) is 0 Å². The quantitative estimate of drug-likeness (QED) is 0.137. The topological polar surface area (TPSA) is 141 Å². The Hall–Kier alpha value is -5.92. The van der Waals surface area contributed by atoms with Crippen LogP contribution in [0.4, 0.5) is 4.79 Å². The average molecular weight is 692 g/mol. The second kappa shape index (κ2) is 15.5. The van der Waals surface area contributed by atoms with Gasteiger partial charge < -0.3 is 23.9 Å². The molecule has 0 spiro atoms. The molecule has 0 aliphatic carbocycles. The summed E-state index contributed by atoms with van der Waals surface area (Å²) in [6.07, 6.45) is 7.39. The summed E-state index contributed by atoms with van der Waals surface area (Å²) in [6, 6.07) is 31.3. The van der Waals surface area contributed by atoms with Crippen molar-refractivity contribution in [2.75, 3.05) is 14.2 Å². The number of methoxy groups -OCH3 is 2. The summed E-state index contributed by atoms with van der Waals surface area (Å²) >= 11 is 0. The first-order chi connectivity index (χ1) is 24.3. The van der Waals surface area contributed by atoms with E-state index in [0.717, 1.165) is 22.5 Å². The molecule has 3 N–H and O–H groups in total. The molecule has 0 fully saturated rings. The number of aromatic nitrogens is 4. The van der Waals surface area contributed by atoms with Crippen molar-refractivity contribution in [3.8, 4) is 22.9 Å². The zero-order chi connectivity index (χ0) is 34.9. The number of ether oxygens (including phenoxy) is 2. The fourth-order valence-corrected chi connectivity index (χ4v) is 6.61. The van der Waals surface area contributed by atoms with E-state index in [1.807, 2.05) is 114 Å². The highest BCUT2D eigenvalue weighted by atomic mass is 32.2.